The summed E-state index contributed by atoms with van der Waals surface area (Å²) in [6, 6.07) is 2.15. The maximum Gasteiger partial charge on any atom is 0.433 e. The molecule has 0 saturated heterocycles. The topological polar surface area (TPSA) is 75.3 Å². The third-order valence-electron chi connectivity index (χ3n) is 2.07. The number of aromatic nitrogens is 1. The van der Waals surface area contributed by atoms with E-state index in [9.17, 15) is 13.2 Å². The number of aliphatic imine (C=N–C) groups is 1. The molecule has 19 heavy (non-hydrogen) atoms. The highest BCUT2D eigenvalue weighted by Crippen LogP contribution is 2.27. The van der Waals surface area contributed by atoms with E-state index in [0.29, 0.717) is 18.2 Å². The fraction of sp³-hybridized carbons (Fsp3) is 0.455. The Morgan fingerprint density at radius 3 is 2.53 bits per heavy atom. The minimum atomic E-state index is -4.45. The van der Waals surface area contributed by atoms with Gasteiger partial charge in [0.1, 0.15) is 5.69 Å². The Morgan fingerprint density at radius 1 is 1.42 bits per heavy atom. The lowest BCUT2D eigenvalue weighted by Crippen LogP contribution is -2.36. The minimum absolute atomic E-state index is 0.273. The molecule has 0 unspecified atom stereocenters. The number of halogens is 3. The predicted molar refractivity (Wildman–Crippen MR) is 67.3 cm³/mol. The molecule has 0 saturated carbocycles. The van der Waals surface area contributed by atoms with Gasteiger partial charge in [-0.2, -0.15) is 13.2 Å². The molecule has 0 aliphatic heterocycles. The molecule has 8 heteroatoms. The zero-order chi connectivity index (χ0) is 14.5. The van der Waals surface area contributed by atoms with Crippen LogP contribution in [-0.2, 0) is 6.18 Å². The maximum absolute atomic E-state index is 12.3. The number of hydrogen-bond acceptors (Lipinski definition) is 3. The van der Waals surface area contributed by atoms with Crippen LogP contribution in [0.1, 0.15) is 19.5 Å². The van der Waals surface area contributed by atoms with E-state index in [-0.39, 0.29) is 5.96 Å². The van der Waals surface area contributed by atoms with Gasteiger partial charge in [-0.3, -0.25) is 10.4 Å². The van der Waals surface area contributed by atoms with Crippen molar-refractivity contribution in [3.63, 3.8) is 0 Å². The van der Waals surface area contributed by atoms with Gasteiger partial charge >= 0.3 is 6.18 Å². The van der Waals surface area contributed by atoms with E-state index in [1.165, 1.54) is 6.07 Å². The standard InChI is InChI=1S/C11H16F3N5/c1-7(2)5-17-10(19-15)18-8-3-4-9(16-6-8)11(12,13)14/h3-4,6-7H,5,15H2,1-2H3,(H2,17,18,19). The molecule has 0 spiro atoms. The SMILES string of the molecule is CC(C)CN=C(NN)Nc1ccc(C(F)(F)F)nc1. The fourth-order valence-corrected chi connectivity index (χ4v) is 1.17. The Bertz CT molecular complexity index is 425. The van der Waals surface area contributed by atoms with Gasteiger partial charge in [0.2, 0.25) is 5.96 Å². The van der Waals surface area contributed by atoms with Crippen LogP contribution in [0.15, 0.2) is 23.3 Å². The molecule has 0 aliphatic carbocycles. The quantitative estimate of drug-likeness (QED) is 0.341. The maximum atomic E-state index is 12.3. The Morgan fingerprint density at radius 2 is 2.11 bits per heavy atom. The summed E-state index contributed by atoms with van der Waals surface area (Å²) in [6.07, 6.45) is -3.37. The molecule has 5 nitrogen and oxygen atoms in total. The Kier molecular flexibility index (Phi) is 5.11. The summed E-state index contributed by atoms with van der Waals surface area (Å²) in [5.74, 6) is 5.88. The molecule has 0 radical (unpaired) electrons. The summed E-state index contributed by atoms with van der Waals surface area (Å²) in [7, 11) is 0. The number of anilines is 1. The highest BCUT2D eigenvalue weighted by atomic mass is 19.4. The normalized spacial score (nSPS) is 12.7. The molecular formula is C11H16F3N5. The van der Waals surface area contributed by atoms with Gasteiger partial charge in [0.15, 0.2) is 0 Å². The second-order valence-corrected chi connectivity index (χ2v) is 4.28. The zero-order valence-corrected chi connectivity index (χ0v) is 10.6. The van der Waals surface area contributed by atoms with E-state index < -0.39 is 11.9 Å². The highest BCUT2D eigenvalue weighted by molar-refractivity contribution is 5.93. The van der Waals surface area contributed by atoms with Crippen LogP contribution in [0.2, 0.25) is 0 Å². The average Bonchev–Trinajstić information content (AvgIpc) is 2.33. The Balaban J connectivity index is 2.74. The second kappa shape index (κ2) is 6.37. The van der Waals surface area contributed by atoms with Gasteiger partial charge < -0.3 is 5.32 Å². The summed E-state index contributed by atoms with van der Waals surface area (Å²) >= 11 is 0. The van der Waals surface area contributed by atoms with Crippen molar-refractivity contribution < 1.29 is 13.2 Å². The molecule has 1 aromatic heterocycles. The van der Waals surface area contributed by atoms with Crippen molar-refractivity contribution >= 4 is 11.6 Å². The number of nitrogens with one attached hydrogen (secondary N) is 2. The molecule has 0 atom stereocenters. The largest absolute Gasteiger partial charge is 0.433 e. The van der Waals surface area contributed by atoms with E-state index >= 15 is 0 Å². The first kappa shape index (κ1) is 15.2. The predicted octanol–water partition coefficient (Wildman–Crippen LogP) is 1.99. The van der Waals surface area contributed by atoms with Crippen LogP contribution in [-0.4, -0.2) is 17.5 Å². The van der Waals surface area contributed by atoms with Gasteiger partial charge in [-0.25, -0.2) is 10.8 Å². The number of pyridine rings is 1. The van der Waals surface area contributed by atoms with Crippen molar-refractivity contribution in [2.45, 2.75) is 20.0 Å². The molecule has 1 rings (SSSR count). The van der Waals surface area contributed by atoms with Crippen molar-refractivity contribution in [1.82, 2.24) is 10.4 Å². The van der Waals surface area contributed by atoms with E-state index in [0.717, 1.165) is 12.3 Å². The molecule has 4 N–H and O–H groups in total. The van der Waals surface area contributed by atoms with Crippen LogP contribution in [0.5, 0.6) is 0 Å². The number of hydrazine groups is 1. The summed E-state index contributed by atoms with van der Waals surface area (Å²) in [4.78, 5) is 7.45. The molecule has 1 heterocycles. The van der Waals surface area contributed by atoms with Crippen LogP contribution in [0.25, 0.3) is 0 Å². The fourth-order valence-electron chi connectivity index (χ4n) is 1.17. The van der Waals surface area contributed by atoms with Gasteiger partial charge in [0, 0.05) is 6.54 Å². The summed E-state index contributed by atoms with van der Waals surface area (Å²) < 4.78 is 37.0. The lowest BCUT2D eigenvalue weighted by Gasteiger charge is -2.11. The minimum Gasteiger partial charge on any atom is -0.324 e. The van der Waals surface area contributed by atoms with Crippen LogP contribution in [0.4, 0.5) is 18.9 Å². The van der Waals surface area contributed by atoms with Gasteiger partial charge in [-0.1, -0.05) is 13.8 Å². The first-order valence-corrected chi connectivity index (χ1v) is 5.64. The zero-order valence-electron chi connectivity index (χ0n) is 10.6. The van der Waals surface area contributed by atoms with Crippen LogP contribution >= 0.6 is 0 Å². The number of nitrogens with zero attached hydrogens (tertiary/aromatic N) is 2. The molecule has 0 aliphatic rings. The molecule has 0 amide bonds. The number of alkyl halides is 3. The summed E-state index contributed by atoms with van der Waals surface area (Å²) in [5.41, 5.74) is 1.76. The van der Waals surface area contributed by atoms with E-state index in [2.05, 4.69) is 20.7 Å². The Hall–Kier alpha value is -1.83. The van der Waals surface area contributed by atoms with Crippen molar-refractivity contribution in [2.75, 3.05) is 11.9 Å². The second-order valence-electron chi connectivity index (χ2n) is 4.28. The van der Waals surface area contributed by atoms with Gasteiger partial charge in [-0.15, -0.1) is 0 Å². The Labute approximate surface area is 109 Å². The third kappa shape index (κ3) is 5.12. The highest BCUT2D eigenvalue weighted by Gasteiger charge is 2.32. The number of guanidine groups is 1. The van der Waals surface area contributed by atoms with Gasteiger partial charge in [0.25, 0.3) is 0 Å². The van der Waals surface area contributed by atoms with E-state index in [1.807, 2.05) is 13.8 Å². The van der Waals surface area contributed by atoms with Crippen LogP contribution in [0.3, 0.4) is 0 Å². The molecule has 0 aromatic carbocycles. The number of rotatable bonds is 3. The first-order chi connectivity index (χ1) is 8.82. The molecular weight excluding hydrogens is 259 g/mol. The lowest BCUT2D eigenvalue weighted by molar-refractivity contribution is -0.141. The summed E-state index contributed by atoms with van der Waals surface area (Å²) in [5, 5.41) is 2.75. The lowest BCUT2D eigenvalue weighted by atomic mass is 10.2. The van der Waals surface area contributed by atoms with Crippen molar-refractivity contribution in [1.29, 1.82) is 0 Å². The number of nitrogens with two attached hydrogens (primary N) is 1. The monoisotopic (exact) mass is 275 g/mol. The molecule has 0 fully saturated rings. The molecule has 1 aromatic rings. The number of hydrogen-bond donors (Lipinski definition) is 3. The smallest absolute Gasteiger partial charge is 0.324 e. The van der Waals surface area contributed by atoms with Crippen molar-refractivity contribution in [3.8, 4) is 0 Å². The van der Waals surface area contributed by atoms with Gasteiger partial charge in [0.05, 0.1) is 11.9 Å². The van der Waals surface area contributed by atoms with Crippen molar-refractivity contribution in [3.05, 3.63) is 24.0 Å². The molecule has 106 valence electrons. The van der Waals surface area contributed by atoms with Crippen LogP contribution < -0.4 is 16.6 Å². The van der Waals surface area contributed by atoms with E-state index in [1.54, 1.807) is 0 Å². The van der Waals surface area contributed by atoms with Gasteiger partial charge in [-0.05, 0) is 18.1 Å². The summed E-state index contributed by atoms with van der Waals surface area (Å²) in [6.45, 7) is 4.51. The molecule has 0 bridgehead atoms. The van der Waals surface area contributed by atoms with Crippen molar-refractivity contribution in [2.24, 2.45) is 16.8 Å². The van der Waals surface area contributed by atoms with E-state index in [4.69, 9.17) is 5.84 Å². The third-order valence-corrected chi connectivity index (χ3v) is 2.07. The average molecular weight is 275 g/mol. The van der Waals surface area contributed by atoms with Crippen LogP contribution in [0, 0.1) is 5.92 Å². The first-order valence-electron chi connectivity index (χ1n) is 5.64.